The number of methoxy groups -OCH3 is 3. The Hall–Kier alpha value is -1.63. The molecule has 0 bridgehead atoms. The molecule has 0 saturated heterocycles. The summed E-state index contributed by atoms with van der Waals surface area (Å²) in [6.07, 6.45) is 3.31. The minimum absolute atomic E-state index is 0.00459. The minimum atomic E-state index is -0.271. The number of hydrogen-bond donors (Lipinski definition) is 0. The smallest absolute Gasteiger partial charge is 0.173 e. The Morgan fingerprint density at radius 3 is 2.64 bits per heavy atom. The van der Waals surface area contributed by atoms with Gasteiger partial charge in [-0.1, -0.05) is 0 Å². The number of carbonyl (C=O) groups excluding carboxylic acids is 1. The summed E-state index contributed by atoms with van der Waals surface area (Å²) >= 11 is 1.38. The van der Waals surface area contributed by atoms with Crippen molar-refractivity contribution in [2.75, 3.05) is 27.9 Å². The number of hydrogen-bond acceptors (Lipinski definition) is 6. The molecule has 0 aromatic carbocycles. The SMILES string of the molecule is COC1=CC(COc2ccsc2C(C)=O)=CC(OC)C1OC. The Morgan fingerprint density at radius 2 is 2.05 bits per heavy atom. The number of ketones is 1. The number of rotatable bonds is 7. The van der Waals surface area contributed by atoms with Crippen LogP contribution in [0.5, 0.6) is 5.75 Å². The van der Waals surface area contributed by atoms with E-state index in [2.05, 4.69) is 0 Å². The quantitative estimate of drug-likeness (QED) is 0.722. The number of ether oxygens (including phenoxy) is 4. The predicted octanol–water partition coefficient (Wildman–Crippen LogP) is 2.83. The maximum absolute atomic E-state index is 11.5. The molecule has 120 valence electrons. The molecule has 1 aliphatic rings. The van der Waals surface area contributed by atoms with Gasteiger partial charge < -0.3 is 18.9 Å². The van der Waals surface area contributed by atoms with Crippen LogP contribution in [-0.2, 0) is 14.2 Å². The maximum Gasteiger partial charge on any atom is 0.173 e. The predicted molar refractivity (Wildman–Crippen MR) is 84.6 cm³/mol. The van der Waals surface area contributed by atoms with Crippen LogP contribution in [0.25, 0.3) is 0 Å². The van der Waals surface area contributed by atoms with Crippen LogP contribution in [0.1, 0.15) is 16.6 Å². The molecular weight excluding hydrogens is 304 g/mol. The Balaban J connectivity index is 2.12. The van der Waals surface area contributed by atoms with E-state index in [9.17, 15) is 4.79 Å². The van der Waals surface area contributed by atoms with Crippen LogP contribution in [0.4, 0.5) is 0 Å². The monoisotopic (exact) mass is 324 g/mol. The van der Waals surface area contributed by atoms with Crippen molar-refractivity contribution in [3.8, 4) is 5.75 Å². The third-order valence-corrected chi connectivity index (χ3v) is 4.39. The van der Waals surface area contributed by atoms with Gasteiger partial charge in [0.15, 0.2) is 5.78 Å². The summed E-state index contributed by atoms with van der Waals surface area (Å²) in [5, 5.41) is 1.84. The maximum atomic E-state index is 11.5. The molecule has 2 rings (SSSR count). The Bertz CT molecular complexity index is 587. The first-order valence-electron chi connectivity index (χ1n) is 6.83. The Morgan fingerprint density at radius 1 is 1.27 bits per heavy atom. The van der Waals surface area contributed by atoms with Crippen molar-refractivity contribution in [1.29, 1.82) is 0 Å². The van der Waals surface area contributed by atoms with Crippen LogP contribution in [0, 0.1) is 0 Å². The molecule has 0 N–H and O–H groups in total. The van der Waals surface area contributed by atoms with E-state index in [0.717, 1.165) is 5.57 Å². The summed E-state index contributed by atoms with van der Waals surface area (Å²) in [6.45, 7) is 1.87. The molecule has 0 amide bonds. The lowest BCUT2D eigenvalue weighted by Gasteiger charge is -2.28. The molecule has 2 unspecified atom stereocenters. The molecule has 0 radical (unpaired) electrons. The standard InChI is InChI=1S/C16H20O5S/c1-10(17)16-12(5-6-22-16)21-9-11-7-13(18-2)15(20-4)14(8-11)19-3/h5-8,13,15H,9H2,1-4H3. The highest BCUT2D eigenvalue weighted by Gasteiger charge is 2.28. The van der Waals surface area contributed by atoms with E-state index in [4.69, 9.17) is 18.9 Å². The van der Waals surface area contributed by atoms with Crippen LogP contribution in [0.3, 0.4) is 0 Å². The van der Waals surface area contributed by atoms with E-state index < -0.39 is 0 Å². The van der Waals surface area contributed by atoms with Gasteiger partial charge in [0.25, 0.3) is 0 Å². The van der Waals surface area contributed by atoms with Crippen molar-refractivity contribution < 1.29 is 23.7 Å². The molecule has 1 aromatic heterocycles. The van der Waals surface area contributed by atoms with Gasteiger partial charge in [0.05, 0.1) is 7.11 Å². The third-order valence-electron chi connectivity index (χ3n) is 3.39. The fourth-order valence-corrected chi connectivity index (χ4v) is 3.05. The molecule has 1 aliphatic carbocycles. The summed E-state index contributed by atoms with van der Waals surface area (Å²) in [7, 11) is 4.83. The summed E-state index contributed by atoms with van der Waals surface area (Å²) in [5.74, 6) is 1.30. The lowest BCUT2D eigenvalue weighted by Crippen LogP contribution is -2.34. The fourth-order valence-electron chi connectivity index (χ4n) is 2.31. The van der Waals surface area contributed by atoms with Gasteiger partial charge in [0, 0.05) is 21.1 Å². The van der Waals surface area contributed by atoms with Crippen LogP contribution < -0.4 is 4.74 Å². The first-order valence-corrected chi connectivity index (χ1v) is 7.71. The highest BCUT2D eigenvalue weighted by molar-refractivity contribution is 7.12. The molecule has 1 heterocycles. The number of carbonyl (C=O) groups is 1. The lowest BCUT2D eigenvalue weighted by molar-refractivity contribution is -0.0193. The largest absolute Gasteiger partial charge is 0.498 e. The van der Waals surface area contributed by atoms with Crippen molar-refractivity contribution >= 4 is 17.1 Å². The fraction of sp³-hybridized carbons (Fsp3) is 0.438. The average Bonchev–Trinajstić information content (AvgIpc) is 3.00. The van der Waals surface area contributed by atoms with Crippen LogP contribution in [-0.4, -0.2) is 45.9 Å². The Labute approximate surface area is 134 Å². The van der Waals surface area contributed by atoms with Crippen LogP contribution in [0.2, 0.25) is 0 Å². The molecule has 5 nitrogen and oxygen atoms in total. The molecule has 2 atom stereocenters. The zero-order valence-corrected chi connectivity index (χ0v) is 13.9. The van der Waals surface area contributed by atoms with Gasteiger partial charge in [0.1, 0.15) is 35.2 Å². The first-order chi connectivity index (χ1) is 10.6. The van der Waals surface area contributed by atoms with E-state index in [-0.39, 0.29) is 18.0 Å². The van der Waals surface area contributed by atoms with E-state index in [1.165, 1.54) is 18.3 Å². The van der Waals surface area contributed by atoms with Gasteiger partial charge in [-0.3, -0.25) is 4.79 Å². The second kappa shape index (κ2) is 7.58. The van der Waals surface area contributed by atoms with E-state index >= 15 is 0 Å². The highest BCUT2D eigenvalue weighted by Crippen LogP contribution is 2.27. The second-order valence-corrected chi connectivity index (χ2v) is 5.72. The molecule has 0 fully saturated rings. The van der Waals surface area contributed by atoms with Crippen molar-refractivity contribution in [3.63, 3.8) is 0 Å². The van der Waals surface area contributed by atoms with Gasteiger partial charge >= 0.3 is 0 Å². The summed E-state index contributed by atoms with van der Waals surface area (Å²) in [6, 6.07) is 1.80. The van der Waals surface area contributed by atoms with Gasteiger partial charge in [-0.15, -0.1) is 11.3 Å². The molecule has 22 heavy (non-hydrogen) atoms. The van der Waals surface area contributed by atoms with E-state index in [1.54, 1.807) is 27.4 Å². The third kappa shape index (κ3) is 3.58. The van der Waals surface area contributed by atoms with E-state index in [1.807, 2.05) is 17.5 Å². The number of Topliss-reactive ketones (excluding diaryl/α,β-unsaturated/α-hetero) is 1. The van der Waals surface area contributed by atoms with Gasteiger partial charge in [-0.25, -0.2) is 0 Å². The zero-order valence-electron chi connectivity index (χ0n) is 13.1. The molecule has 1 aromatic rings. The van der Waals surface area contributed by atoms with Crippen molar-refractivity contribution in [3.05, 3.63) is 39.8 Å². The molecule has 0 saturated carbocycles. The Kier molecular flexibility index (Phi) is 5.76. The molecule has 0 aliphatic heterocycles. The topological polar surface area (TPSA) is 54.0 Å². The van der Waals surface area contributed by atoms with E-state index in [0.29, 0.717) is 23.0 Å². The van der Waals surface area contributed by atoms with Crippen LogP contribution >= 0.6 is 11.3 Å². The average molecular weight is 324 g/mol. The molecule has 6 heteroatoms. The summed E-state index contributed by atoms with van der Waals surface area (Å²) in [4.78, 5) is 12.1. The van der Waals surface area contributed by atoms with Crippen molar-refractivity contribution in [2.45, 2.75) is 19.1 Å². The number of thiophene rings is 1. The second-order valence-electron chi connectivity index (χ2n) is 4.81. The minimum Gasteiger partial charge on any atom is -0.498 e. The van der Waals surface area contributed by atoms with Gasteiger partial charge in [0.2, 0.25) is 0 Å². The highest BCUT2D eigenvalue weighted by atomic mass is 32.1. The van der Waals surface area contributed by atoms with Gasteiger partial charge in [-0.05, 0) is 29.2 Å². The lowest BCUT2D eigenvalue weighted by atomic mass is 10.0. The van der Waals surface area contributed by atoms with Crippen molar-refractivity contribution in [1.82, 2.24) is 0 Å². The van der Waals surface area contributed by atoms with Crippen molar-refractivity contribution in [2.24, 2.45) is 0 Å². The van der Waals surface area contributed by atoms with Crippen LogP contribution in [0.15, 0.2) is 34.9 Å². The first kappa shape index (κ1) is 16.7. The molecule has 0 spiro atoms. The summed E-state index contributed by atoms with van der Waals surface area (Å²) in [5.41, 5.74) is 0.915. The van der Waals surface area contributed by atoms with Gasteiger partial charge in [-0.2, -0.15) is 0 Å². The molecular formula is C16H20O5S. The summed E-state index contributed by atoms with van der Waals surface area (Å²) < 4.78 is 21.9. The normalized spacial score (nSPS) is 21.1. The zero-order chi connectivity index (χ0) is 16.1.